The molecule has 7 nitrogen and oxygen atoms in total. The maximum atomic E-state index is 14.0. The highest BCUT2D eigenvalue weighted by molar-refractivity contribution is 7.90. The number of urea groups is 1. The van der Waals surface area contributed by atoms with Crippen LogP contribution in [0.2, 0.25) is 0 Å². The third kappa shape index (κ3) is 4.83. The van der Waals surface area contributed by atoms with Gasteiger partial charge in [0.05, 0.1) is 11.9 Å². The molecule has 0 aliphatic carbocycles. The number of carbonyl (C=O) groups is 1. The van der Waals surface area contributed by atoms with Gasteiger partial charge in [0, 0.05) is 5.69 Å². The Morgan fingerprint density at radius 2 is 1.61 bits per heavy atom. The molecule has 0 spiro atoms. The zero-order valence-corrected chi connectivity index (χ0v) is 17.6. The van der Waals surface area contributed by atoms with Crippen LogP contribution in [0.15, 0.2) is 23.2 Å². The SMILES string of the molecule is Cc1ncc(S(=O)(=O)NC(=O)Nc2c(C(C)C)cc(F)cc2C(C)C)c(C)n1. The molecule has 2 aromatic rings. The summed E-state index contributed by atoms with van der Waals surface area (Å²) in [6.45, 7) is 10.6. The number of nitrogens with zero attached hydrogens (tertiary/aromatic N) is 2. The van der Waals surface area contributed by atoms with E-state index in [1.807, 2.05) is 32.4 Å². The summed E-state index contributed by atoms with van der Waals surface area (Å²) in [6.07, 6.45) is 1.16. The van der Waals surface area contributed by atoms with Gasteiger partial charge in [-0.25, -0.2) is 32.3 Å². The van der Waals surface area contributed by atoms with E-state index in [2.05, 4.69) is 15.3 Å². The first-order chi connectivity index (χ1) is 12.9. The molecule has 0 aliphatic rings. The number of benzene rings is 1. The van der Waals surface area contributed by atoms with Crippen LogP contribution >= 0.6 is 0 Å². The van der Waals surface area contributed by atoms with Crippen molar-refractivity contribution in [3.05, 3.63) is 46.8 Å². The van der Waals surface area contributed by atoms with Gasteiger partial charge in [-0.1, -0.05) is 27.7 Å². The molecule has 0 aliphatic heterocycles. The Labute approximate surface area is 164 Å². The first-order valence-corrected chi connectivity index (χ1v) is 10.4. The summed E-state index contributed by atoms with van der Waals surface area (Å²) in [5.41, 5.74) is 1.83. The van der Waals surface area contributed by atoms with Gasteiger partial charge in [-0.2, -0.15) is 0 Å². The molecule has 2 rings (SSSR count). The van der Waals surface area contributed by atoms with Crippen LogP contribution in [0.3, 0.4) is 0 Å². The average Bonchev–Trinajstić information content (AvgIpc) is 2.54. The Morgan fingerprint density at radius 1 is 1.07 bits per heavy atom. The van der Waals surface area contributed by atoms with Gasteiger partial charge in [-0.3, -0.25) is 0 Å². The minimum absolute atomic E-state index is 0.0761. The minimum atomic E-state index is -4.16. The second kappa shape index (κ2) is 8.22. The van der Waals surface area contributed by atoms with Crippen LogP contribution in [0.5, 0.6) is 0 Å². The Hall–Kier alpha value is -2.55. The molecule has 0 radical (unpaired) electrons. The van der Waals surface area contributed by atoms with E-state index in [4.69, 9.17) is 0 Å². The molecule has 0 atom stereocenters. The van der Waals surface area contributed by atoms with Crippen molar-refractivity contribution < 1.29 is 17.6 Å². The predicted molar refractivity (Wildman–Crippen MR) is 105 cm³/mol. The second-order valence-electron chi connectivity index (χ2n) is 7.20. The van der Waals surface area contributed by atoms with E-state index < -0.39 is 21.9 Å². The number of hydrogen-bond donors (Lipinski definition) is 2. The van der Waals surface area contributed by atoms with Gasteiger partial charge in [0.2, 0.25) is 0 Å². The van der Waals surface area contributed by atoms with Gasteiger partial charge in [-0.15, -0.1) is 0 Å². The fourth-order valence-electron chi connectivity index (χ4n) is 2.86. The van der Waals surface area contributed by atoms with Crippen molar-refractivity contribution in [2.24, 2.45) is 0 Å². The molecule has 1 heterocycles. The lowest BCUT2D eigenvalue weighted by Gasteiger charge is -2.20. The third-order valence-corrected chi connectivity index (χ3v) is 5.65. The Balaban J connectivity index is 2.37. The van der Waals surface area contributed by atoms with Crippen LogP contribution in [0, 0.1) is 19.7 Å². The Bertz CT molecular complexity index is 975. The Kier molecular flexibility index (Phi) is 6.38. The lowest BCUT2D eigenvalue weighted by molar-refractivity contribution is 0.256. The van der Waals surface area contributed by atoms with Crippen LogP contribution in [0.1, 0.15) is 62.2 Å². The predicted octanol–water partition coefficient (Wildman–Crippen LogP) is 3.99. The van der Waals surface area contributed by atoms with Crippen LogP contribution < -0.4 is 10.0 Å². The summed E-state index contributed by atoms with van der Waals surface area (Å²) >= 11 is 0. The number of rotatable bonds is 5. The van der Waals surface area contributed by atoms with E-state index >= 15 is 0 Å². The largest absolute Gasteiger partial charge is 0.333 e. The first kappa shape index (κ1) is 21.7. The van der Waals surface area contributed by atoms with E-state index in [1.165, 1.54) is 19.1 Å². The zero-order chi connectivity index (χ0) is 21.2. The van der Waals surface area contributed by atoms with Crippen LogP contribution in [0.25, 0.3) is 0 Å². The maximum absolute atomic E-state index is 14.0. The molecule has 9 heteroatoms. The number of nitrogens with one attached hydrogen (secondary N) is 2. The summed E-state index contributed by atoms with van der Waals surface area (Å²) in [7, 11) is -4.16. The van der Waals surface area contributed by atoms with E-state index in [1.54, 1.807) is 6.92 Å². The summed E-state index contributed by atoms with van der Waals surface area (Å²) in [5, 5.41) is 2.59. The molecule has 1 aromatic heterocycles. The lowest BCUT2D eigenvalue weighted by atomic mass is 9.92. The van der Waals surface area contributed by atoms with Crippen LogP contribution in [-0.2, 0) is 10.0 Å². The fourth-order valence-corrected chi connectivity index (χ4v) is 3.89. The van der Waals surface area contributed by atoms with Gasteiger partial charge >= 0.3 is 6.03 Å². The van der Waals surface area contributed by atoms with E-state index in [-0.39, 0.29) is 22.4 Å². The highest BCUT2D eigenvalue weighted by Crippen LogP contribution is 2.33. The monoisotopic (exact) mass is 408 g/mol. The van der Waals surface area contributed by atoms with Crippen molar-refractivity contribution in [1.82, 2.24) is 14.7 Å². The second-order valence-corrected chi connectivity index (χ2v) is 8.85. The molecule has 0 saturated heterocycles. The van der Waals surface area contributed by atoms with Gasteiger partial charge < -0.3 is 5.32 Å². The number of hydrogen-bond acceptors (Lipinski definition) is 5. The topological polar surface area (TPSA) is 101 Å². The minimum Gasteiger partial charge on any atom is -0.307 e. The maximum Gasteiger partial charge on any atom is 0.333 e. The van der Waals surface area contributed by atoms with Gasteiger partial charge in [-0.05, 0) is 48.9 Å². The lowest BCUT2D eigenvalue weighted by Crippen LogP contribution is -2.35. The number of halogens is 1. The number of aromatic nitrogens is 2. The van der Waals surface area contributed by atoms with E-state index in [9.17, 15) is 17.6 Å². The number of sulfonamides is 1. The van der Waals surface area contributed by atoms with Crippen molar-refractivity contribution >= 4 is 21.7 Å². The normalized spacial score (nSPS) is 11.8. The Morgan fingerprint density at radius 3 is 2.07 bits per heavy atom. The highest BCUT2D eigenvalue weighted by atomic mass is 32.2. The molecule has 0 fully saturated rings. The van der Waals surface area contributed by atoms with Crippen molar-refractivity contribution in [2.75, 3.05) is 5.32 Å². The number of anilines is 1. The molecule has 2 amide bonds. The highest BCUT2D eigenvalue weighted by Gasteiger charge is 2.24. The summed E-state index contributed by atoms with van der Waals surface area (Å²) in [5.74, 6) is -0.130. The molecule has 1 aromatic carbocycles. The molecule has 28 heavy (non-hydrogen) atoms. The molecule has 0 unspecified atom stereocenters. The third-order valence-electron chi connectivity index (χ3n) is 4.22. The zero-order valence-electron chi connectivity index (χ0n) is 16.8. The quantitative estimate of drug-likeness (QED) is 0.779. The number of amides is 2. The standard InChI is InChI=1S/C19H25FN4O3S/c1-10(2)15-7-14(20)8-16(11(3)4)18(15)23-19(25)24-28(26,27)17-9-21-13(6)22-12(17)5/h7-11H,1-6H3,(H2,23,24,25). The molecular formula is C19H25FN4O3S. The summed E-state index contributed by atoms with van der Waals surface area (Å²) < 4.78 is 41.1. The molecule has 152 valence electrons. The van der Waals surface area contributed by atoms with Crippen molar-refractivity contribution in [2.45, 2.75) is 58.3 Å². The molecular weight excluding hydrogens is 383 g/mol. The summed E-state index contributed by atoms with van der Waals surface area (Å²) in [6, 6.07) is 1.76. The van der Waals surface area contributed by atoms with Crippen LogP contribution in [0.4, 0.5) is 14.9 Å². The molecule has 2 N–H and O–H groups in total. The van der Waals surface area contributed by atoms with Crippen molar-refractivity contribution in [1.29, 1.82) is 0 Å². The van der Waals surface area contributed by atoms with Gasteiger partial charge in [0.15, 0.2) is 0 Å². The van der Waals surface area contributed by atoms with Crippen molar-refractivity contribution in [3.63, 3.8) is 0 Å². The van der Waals surface area contributed by atoms with Gasteiger partial charge in [0.25, 0.3) is 10.0 Å². The summed E-state index contributed by atoms with van der Waals surface area (Å²) in [4.78, 5) is 20.2. The smallest absolute Gasteiger partial charge is 0.307 e. The molecule has 0 saturated carbocycles. The fraction of sp³-hybridized carbons (Fsp3) is 0.421. The average molecular weight is 408 g/mol. The van der Waals surface area contributed by atoms with Crippen LogP contribution in [-0.4, -0.2) is 24.4 Å². The number of aryl methyl sites for hydroxylation is 2. The molecule has 0 bridgehead atoms. The van der Waals surface area contributed by atoms with E-state index in [0.717, 1.165) is 6.20 Å². The van der Waals surface area contributed by atoms with E-state index in [0.29, 0.717) is 22.6 Å². The van der Waals surface area contributed by atoms with Crippen molar-refractivity contribution in [3.8, 4) is 0 Å². The first-order valence-electron chi connectivity index (χ1n) is 8.89. The van der Waals surface area contributed by atoms with Gasteiger partial charge in [0.1, 0.15) is 16.5 Å². The number of carbonyl (C=O) groups excluding carboxylic acids is 1.